The molecule has 4 nitrogen and oxygen atoms in total. The Bertz CT molecular complexity index is 291. The number of hydrogen-bond donors (Lipinski definition) is 2. The van der Waals surface area contributed by atoms with Crippen LogP contribution in [0.15, 0.2) is 0 Å². The summed E-state index contributed by atoms with van der Waals surface area (Å²) >= 11 is 0. The van der Waals surface area contributed by atoms with E-state index in [1.54, 1.807) is 0 Å². The zero-order chi connectivity index (χ0) is 14.2. The van der Waals surface area contributed by atoms with Gasteiger partial charge in [0.2, 0.25) is 5.91 Å². The second kappa shape index (κ2) is 12.4. The average molecular weight is 354 g/mol. The number of halogens is 2. The van der Waals surface area contributed by atoms with Crippen molar-refractivity contribution in [3.63, 3.8) is 0 Å². The van der Waals surface area contributed by atoms with Crippen LogP contribution in [0.25, 0.3) is 0 Å². The molecule has 0 aromatic heterocycles. The van der Waals surface area contributed by atoms with Crippen molar-refractivity contribution in [1.82, 2.24) is 15.5 Å². The molecule has 2 aliphatic rings. The van der Waals surface area contributed by atoms with Crippen LogP contribution < -0.4 is 10.6 Å². The molecular weight excluding hydrogens is 321 g/mol. The van der Waals surface area contributed by atoms with Gasteiger partial charge in [0.1, 0.15) is 0 Å². The van der Waals surface area contributed by atoms with Crippen LogP contribution in [0.3, 0.4) is 0 Å². The van der Waals surface area contributed by atoms with Crippen molar-refractivity contribution in [2.24, 2.45) is 5.92 Å². The van der Waals surface area contributed by atoms with Gasteiger partial charge in [-0.05, 0) is 70.6 Å². The molecule has 0 radical (unpaired) electrons. The van der Waals surface area contributed by atoms with Crippen molar-refractivity contribution in [3.05, 3.63) is 0 Å². The van der Waals surface area contributed by atoms with Crippen molar-refractivity contribution in [2.75, 3.05) is 32.7 Å². The molecule has 0 bridgehead atoms. The molecule has 0 aliphatic carbocycles. The fourth-order valence-corrected chi connectivity index (χ4v) is 3.16. The summed E-state index contributed by atoms with van der Waals surface area (Å²) in [6, 6.07) is 0.0623. The standard InChI is InChI=1S/C16H31N3O.2ClH/c1-14-7-12-19(13-8-14)11-5-4-10-18-16(20)15-6-2-3-9-17-15;;/h14-15,17H,2-13H2,1H3,(H,18,20);2*1H. The highest BCUT2D eigenvalue weighted by molar-refractivity contribution is 5.85. The van der Waals surface area contributed by atoms with Gasteiger partial charge in [0.05, 0.1) is 6.04 Å². The Labute approximate surface area is 148 Å². The second-order valence-corrected chi connectivity index (χ2v) is 6.52. The number of carbonyl (C=O) groups is 1. The normalized spacial score (nSPS) is 23.2. The number of nitrogens with zero attached hydrogens (tertiary/aromatic N) is 1. The van der Waals surface area contributed by atoms with Gasteiger partial charge in [-0.3, -0.25) is 4.79 Å². The first kappa shape index (κ1) is 22.0. The smallest absolute Gasteiger partial charge is 0.237 e. The van der Waals surface area contributed by atoms with Crippen molar-refractivity contribution in [1.29, 1.82) is 0 Å². The molecular formula is C16H33Cl2N3O. The quantitative estimate of drug-likeness (QED) is 0.721. The summed E-state index contributed by atoms with van der Waals surface area (Å²) in [6.07, 6.45) is 8.39. The minimum absolute atomic E-state index is 0. The van der Waals surface area contributed by atoms with Gasteiger partial charge in [-0.25, -0.2) is 0 Å². The third kappa shape index (κ3) is 8.00. The van der Waals surface area contributed by atoms with E-state index in [4.69, 9.17) is 0 Å². The van der Waals surface area contributed by atoms with Crippen molar-refractivity contribution < 1.29 is 4.79 Å². The fourth-order valence-electron chi connectivity index (χ4n) is 3.16. The van der Waals surface area contributed by atoms with Crippen LogP contribution >= 0.6 is 24.8 Å². The molecule has 0 saturated carbocycles. The predicted octanol–water partition coefficient (Wildman–Crippen LogP) is 2.60. The molecule has 2 saturated heterocycles. The Hall–Kier alpha value is -0.0300. The van der Waals surface area contributed by atoms with Gasteiger partial charge in [0.25, 0.3) is 0 Å². The van der Waals surface area contributed by atoms with Gasteiger partial charge >= 0.3 is 0 Å². The molecule has 1 unspecified atom stereocenters. The Balaban J connectivity index is 0.00000220. The lowest BCUT2D eigenvalue weighted by atomic mass is 9.99. The first-order chi connectivity index (χ1) is 9.75. The van der Waals surface area contributed by atoms with Crippen LogP contribution in [-0.2, 0) is 4.79 Å². The van der Waals surface area contributed by atoms with Gasteiger partial charge in [-0.15, -0.1) is 24.8 Å². The first-order valence-corrected chi connectivity index (χ1v) is 8.49. The molecule has 0 aromatic rings. The highest BCUT2D eigenvalue weighted by atomic mass is 35.5. The summed E-state index contributed by atoms with van der Waals surface area (Å²) in [7, 11) is 0. The Kier molecular flexibility index (Phi) is 12.4. The van der Waals surface area contributed by atoms with Gasteiger partial charge in [0, 0.05) is 6.54 Å². The minimum Gasteiger partial charge on any atom is -0.355 e. The van der Waals surface area contributed by atoms with Crippen LogP contribution in [0.5, 0.6) is 0 Å². The molecule has 2 N–H and O–H groups in total. The molecule has 2 fully saturated rings. The maximum absolute atomic E-state index is 11.9. The minimum atomic E-state index is 0. The van der Waals surface area contributed by atoms with Crippen molar-refractivity contribution >= 4 is 30.7 Å². The number of amides is 1. The molecule has 0 aromatic carbocycles. The first-order valence-electron chi connectivity index (χ1n) is 8.49. The lowest BCUT2D eigenvalue weighted by Gasteiger charge is -2.30. The molecule has 2 aliphatic heterocycles. The van der Waals surface area contributed by atoms with Gasteiger partial charge in [-0.2, -0.15) is 0 Å². The largest absolute Gasteiger partial charge is 0.355 e. The number of unbranched alkanes of at least 4 members (excludes halogenated alkanes) is 1. The van der Waals surface area contributed by atoms with E-state index in [2.05, 4.69) is 22.5 Å². The topological polar surface area (TPSA) is 44.4 Å². The highest BCUT2D eigenvalue weighted by Gasteiger charge is 2.19. The fraction of sp³-hybridized carbons (Fsp3) is 0.938. The summed E-state index contributed by atoms with van der Waals surface area (Å²) in [4.78, 5) is 14.5. The van der Waals surface area contributed by atoms with Crippen LogP contribution in [0.2, 0.25) is 0 Å². The summed E-state index contributed by atoms with van der Waals surface area (Å²) in [5.74, 6) is 1.12. The second-order valence-electron chi connectivity index (χ2n) is 6.52. The maximum Gasteiger partial charge on any atom is 0.237 e. The zero-order valence-corrected chi connectivity index (χ0v) is 15.4. The molecule has 22 heavy (non-hydrogen) atoms. The number of piperidine rings is 2. The average Bonchev–Trinajstić information content (AvgIpc) is 2.49. The van der Waals surface area contributed by atoms with E-state index in [0.717, 1.165) is 31.8 Å². The molecule has 2 heterocycles. The third-order valence-electron chi connectivity index (χ3n) is 4.70. The summed E-state index contributed by atoms with van der Waals surface area (Å²) in [5.41, 5.74) is 0. The summed E-state index contributed by atoms with van der Waals surface area (Å²) in [6.45, 7) is 7.90. The number of carbonyl (C=O) groups excluding carboxylic acids is 1. The lowest BCUT2D eigenvalue weighted by Crippen LogP contribution is -2.46. The van der Waals surface area contributed by atoms with E-state index in [-0.39, 0.29) is 36.8 Å². The molecule has 0 spiro atoms. The van der Waals surface area contributed by atoms with Crippen LogP contribution in [0.1, 0.15) is 51.9 Å². The predicted molar refractivity (Wildman–Crippen MR) is 97.2 cm³/mol. The zero-order valence-electron chi connectivity index (χ0n) is 13.8. The summed E-state index contributed by atoms with van der Waals surface area (Å²) < 4.78 is 0. The highest BCUT2D eigenvalue weighted by Crippen LogP contribution is 2.16. The molecule has 6 heteroatoms. The van der Waals surface area contributed by atoms with E-state index in [1.807, 2.05) is 0 Å². The SMILES string of the molecule is CC1CCN(CCCCNC(=O)C2CCCCN2)CC1.Cl.Cl. The van der Waals surface area contributed by atoms with Gasteiger partial charge in [-0.1, -0.05) is 13.3 Å². The summed E-state index contributed by atoms with van der Waals surface area (Å²) in [5, 5.41) is 6.37. The van der Waals surface area contributed by atoms with E-state index in [0.29, 0.717) is 0 Å². The van der Waals surface area contributed by atoms with Crippen LogP contribution in [-0.4, -0.2) is 49.6 Å². The number of rotatable bonds is 6. The van der Waals surface area contributed by atoms with Crippen LogP contribution in [0, 0.1) is 5.92 Å². The van der Waals surface area contributed by atoms with E-state index >= 15 is 0 Å². The van der Waals surface area contributed by atoms with E-state index in [1.165, 1.54) is 51.7 Å². The van der Waals surface area contributed by atoms with Crippen molar-refractivity contribution in [2.45, 2.75) is 57.9 Å². The third-order valence-corrected chi connectivity index (χ3v) is 4.70. The number of hydrogen-bond acceptors (Lipinski definition) is 3. The molecule has 1 amide bonds. The number of likely N-dealkylation sites (tertiary alicyclic amines) is 1. The Morgan fingerprint density at radius 1 is 1.14 bits per heavy atom. The van der Waals surface area contributed by atoms with E-state index in [9.17, 15) is 4.79 Å². The monoisotopic (exact) mass is 353 g/mol. The van der Waals surface area contributed by atoms with Gasteiger partial charge in [0.15, 0.2) is 0 Å². The number of nitrogens with one attached hydrogen (secondary N) is 2. The Morgan fingerprint density at radius 3 is 2.50 bits per heavy atom. The van der Waals surface area contributed by atoms with Gasteiger partial charge < -0.3 is 15.5 Å². The molecule has 132 valence electrons. The lowest BCUT2D eigenvalue weighted by molar-refractivity contribution is -0.123. The Morgan fingerprint density at radius 2 is 1.86 bits per heavy atom. The van der Waals surface area contributed by atoms with E-state index < -0.39 is 0 Å². The molecule has 1 atom stereocenters. The maximum atomic E-state index is 11.9. The van der Waals surface area contributed by atoms with Crippen LogP contribution in [0.4, 0.5) is 0 Å². The van der Waals surface area contributed by atoms with Crippen molar-refractivity contribution in [3.8, 4) is 0 Å². The molecule has 2 rings (SSSR count).